The summed E-state index contributed by atoms with van der Waals surface area (Å²) in [4.78, 5) is 35.7. The first-order valence-corrected chi connectivity index (χ1v) is 9.69. The summed E-state index contributed by atoms with van der Waals surface area (Å²) in [6.07, 6.45) is 0.707. The summed E-state index contributed by atoms with van der Waals surface area (Å²) < 4.78 is 15.9. The van der Waals surface area contributed by atoms with Crippen molar-refractivity contribution in [1.29, 1.82) is 0 Å². The van der Waals surface area contributed by atoms with Gasteiger partial charge in [0, 0.05) is 22.7 Å². The molecular weight excluding hydrogens is 386 g/mol. The number of ether oxygens (including phenoxy) is 2. The highest BCUT2D eigenvalue weighted by atomic mass is 16.5. The number of carbonyl (C=O) groups excluding carboxylic acids is 2. The van der Waals surface area contributed by atoms with Crippen molar-refractivity contribution in [3.63, 3.8) is 0 Å². The van der Waals surface area contributed by atoms with E-state index in [1.54, 1.807) is 44.2 Å². The van der Waals surface area contributed by atoms with Crippen molar-refractivity contribution < 1.29 is 23.5 Å². The van der Waals surface area contributed by atoms with Crippen molar-refractivity contribution in [1.82, 2.24) is 0 Å². The maximum absolute atomic E-state index is 12.2. The van der Waals surface area contributed by atoms with Gasteiger partial charge in [-0.1, -0.05) is 6.92 Å². The van der Waals surface area contributed by atoms with E-state index in [2.05, 4.69) is 5.32 Å². The Labute approximate surface area is 173 Å². The second kappa shape index (κ2) is 9.26. The van der Waals surface area contributed by atoms with Gasteiger partial charge in [0.25, 0.3) is 5.91 Å². The largest absolute Gasteiger partial charge is 0.483 e. The fourth-order valence-electron chi connectivity index (χ4n) is 3.10. The van der Waals surface area contributed by atoms with Crippen LogP contribution in [0.4, 0.5) is 5.69 Å². The average molecular weight is 409 g/mol. The predicted octanol–water partition coefficient (Wildman–Crippen LogP) is 3.86. The zero-order valence-electron chi connectivity index (χ0n) is 17.1. The van der Waals surface area contributed by atoms with E-state index in [9.17, 15) is 14.4 Å². The quantitative estimate of drug-likeness (QED) is 0.470. The molecule has 0 aliphatic heterocycles. The van der Waals surface area contributed by atoms with Gasteiger partial charge in [-0.3, -0.25) is 4.79 Å². The van der Waals surface area contributed by atoms with Crippen molar-refractivity contribution in [3.05, 3.63) is 69.6 Å². The van der Waals surface area contributed by atoms with Gasteiger partial charge in [-0.05, 0) is 62.2 Å². The van der Waals surface area contributed by atoms with Crippen molar-refractivity contribution >= 4 is 28.5 Å². The van der Waals surface area contributed by atoms with Crippen LogP contribution >= 0.6 is 0 Å². The van der Waals surface area contributed by atoms with E-state index >= 15 is 0 Å². The van der Waals surface area contributed by atoms with E-state index < -0.39 is 11.6 Å². The lowest BCUT2D eigenvalue weighted by atomic mass is 10.0. The molecule has 0 radical (unpaired) electrons. The van der Waals surface area contributed by atoms with Crippen LogP contribution in [0.3, 0.4) is 0 Å². The van der Waals surface area contributed by atoms with Crippen LogP contribution < -0.4 is 15.7 Å². The molecule has 0 saturated heterocycles. The van der Waals surface area contributed by atoms with Crippen molar-refractivity contribution in [2.75, 3.05) is 18.5 Å². The Kier molecular flexibility index (Phi) is 6.51. The van der Waals surface area contributed by atoms with E-state index in [0.717, 1.165) is 10.9 Å². The molecule has 0 bridgehead atoms. The molecule has 1 amide bonds. The molecule has 7 heteroatoms. The lowest BCUT2D eigenvalue weighted by molar-refractivity contribution is -0.118. The molecule has 0 spiro atoms. The molecule has 1 aromatic heterocycles. The Bertz CT molecular complexity index is 1130. The number of carbonyl (C=O) groups is 2. The predicted molar refractivity (Wildman–Crippen MR) is 113 cm³/mol. The molecule has 1 heterocycles. The monoisotopic (exact) mass is 409 g/mol. The zero-order chi connectivity index (χ0) is 21.7. The van der Waals surface area contributed by atoms with E-state index in [1.807, 2.05) is 13.0 Å². The number of anilines is 1. The summed E-state index contributed by atoms with van der Waals surface area (Å²) in [5, 5.41) is 3.56. The molecule has 30 heavy (non-hydrogen) atoms. The van der Waals surface area contributed by atoms with Crippen LogP contribution in [0, 0.1) is 6.92 Å². The molecule has 7 nitrogen and oxygen atoms in total. The Morgan fingerprint density at radius 1 is 1.07 bits per heavy atom. The summed E-state index contributed by atoms with van der Waals surface area (Å²) in [7, 11) is 0. The van der Waals surface area contributed by atoms with Crippen LogP contribution in [0.25, 0.3) is 11.0 Å². The van der Waals surface area contributed by atoms with Gasteiger partial charge in [-0.25, -0.2) is 9.59 Å². The van der Waals surface area contributed by atoms with Crippen LogP contribution in [0.1, 0.15) is 35.3 Å². The lowest BCUT2D eigenvalue weighted by Crippen LogP contribution is -2.20. The second-order valence-corrected chi connectivity index (χ2v) is 6.64. The van der Waals surface area contributed by atoms with Crippen LogP contribution in [-0.4, -0.2) is 25.1 Å². The minimum atomic E-state index is -0.414. The highest BCUT2D eigenvalue weighted by molar-refractivity contribution is 5.94. The molecule has 0 saturated carbocycles. The van der Waals surface area contributed by atoms with Crippen LogP contribution in [0.5, 0.6) is 5.75 Å². The molecular formula is C23H23NO6. The number of hydrogen-bond acceptors (Lipinski definition) is 6. The number of rotatable bonds is 7. The maximum atomic E-state index is 12.2. The molecule has 0 aliphatic carbocycles. The average Bonchev–Trinajstić information content (AvgIpc) is 2.73. The Morgan fingerprint density at radius 3 is 2.47 bits per heavy atom. The summed E-state index contributed by atoms with van der Waals surface area (Å²) in [5.41, 5.74) is 2.55. The molecule has 0 atom stereocenters. The van der Waals surface area contributed by atoms with Crippen LogP contribution in [0.15, 0.2) is 51.7 Å². The molecule has 0 unspecified atom stereocenters. The lowest BCUT2D eigenvalue weighted by Gasteiger charge is -2.12. The highest BCUT2D eigenvalue weighted by Crippen LogP contribution is 2.28. The summed E-state index contributed by atoms with van der Waals surface area (Å²) in [5.74, 6) is -0.308. The maximum Gasteiger partial charge on any atom is 0.338 e. The molecule has 3 rings (SSSR count). The van der Waals surface area contributed by atoms with Crippen molar-refractivity contribution in [2.45, 2.75) is 27.2 Å². The van der Waals surface area contributed by atoms with Gasteiger partial charge >= 0.3 is 11.6 Å². The zero-order valence-corrected chi connectivity index (χ0v) is 17.1. The number of esters is 1. The smallest absolute Gasteiger partial charge is 0.338 e. The molecule has 3 aromatic rings. The normalized spacial score (nSPS) is 10.6. The Morgan fingerprint density at radius 2 is 1.80 bits per heavy atom. The fourth-order valence-corrected chi connectivity index (χ4v) is 3.10. The van der Waals surface area contributed by atoms with Crippen molar-refractivity contribution in [2.24, 2.45) is 0 Å². The summed E-state index contributed by atoms with van der Waals surface area (Å²) in [6.45, 7) is 5.57. The molecule has 1 N–H and O–H groups in total. The number of fused-ring (bicyclic) bond motifs is 1. The standard InChI is InChI=1S/C23H23NO6/c1-4-15-12-21(26)30-22-14(3)19(11-10-18(15)22)29-13-20(25)24-17-8-6-16(7-9-17)23(27)28-5-2/h6-12H,4-5,13H2,1-3H3,(H,24,25). The molecule has 0 fully saturated rings. The number of amides is 1. The third-order valence-corrected chi connectivity index (χ3v) is 4.62. The third kappa shape index (κ3) is 4.68. The number of nitrogens with one attached hydrogen (secondary N) is 1. The van der Waals surface area contributed by atoms with Gasteiger partial charge in [0.15, 0.2) is 6.61 Å². The van der Waals surface area contributed by atoms with E-state index in [-0.39, 0.29) is 12.5 Å². The van der Waals surface area contributed by atoms with Crippen LogP contribution in [-0.2, 0) is 16.0 Å². The van der Waals surface area contributed by atoms with Gasteiger partial charge in [0.2, 0.25) is 0 Å². The van der Waals surface area contributed by atoms with E-state index in [0.29, 0.717) is 41.2 Å². The van der Waals surface area contributed by atoms with Gasteiger partial charge in [0.1, 0.15) is 11.3 Å². The molecule has 0 aliphatic rings. The molecule has 156 valence electrons. The van der Waals surface area contributed by atoms with E-state index in [4.69, 9.17) is 13.9 Å². The number of hydrogen-bond donors (Lipinski definition) is 1. The van der Waals surface area contributed by atoms with E-state index in [1.165, 1.54) is 6.07 Å². The minimum Gasteiger partial charge on any atom is -0.483 e. The van der Waals surface area contributed by atoms with Crippen LogP contribution in [0.2, 0.25) is 0 Å². The van der Waals surface area contributed by atoms with Gasteiger partial charge in [-0.2, -0.15) is 0 Å². The Balaban J connectivity index is 1.67. The van der Waals surface area contributed by atoms with Crippen molar-refractivity contribution in [3.8, 4) is 5.75 Å². The topological polar surface area (TPSA) is 94.8 Å². The first kappa shape index (κ1) is 21.1. The summed E-state index contributed by atoms with van der Waals surface area (Å²) in [6, 6.07) is 11.5. The fraction of sp³-hybridized carbons (Fsp3) is 0.261. The SMILES string of the molecule is CCOC(=O)c1ccc(NC(=O)COc2ccc3c(CC)cc(=O)oc3c2C)cc1. The van der Waals surface area contributed by atoms with Gasteiger partial charge < -0.3 is 19.2 Å². The first-order chi connectivity index (χ1) is 14.4. The minimum absolute atomic E-state index is 0.219. The second-order valence-electron chi connectivity index (χ2n) is 6.64. The first-order valence-electron chi connectivity index (χ1n) is 9.69. The van der Waals surface area contributed by atoms with Gasteiger partial charge in [-0.15, -0.1) is 0 Å². The highest BCUT2D eigenvalue weighted by Gasteiger charge is 2.13. The molecule has 2 aromatic carbocycles. The van der Waals surface area contributed by atoms with Gasteiger partial charge in [0.05, 0.1) is 12.2 Å². The Hall–Kier alpha value is -3.61. The number of benzene rings is 2. The third-order valence-electron chi connectivity index (χ3n) is 4.62. The summed E-state index contributed by atoms with van der Waals surface area (Å²) >= 11 is 0. The number of aryl methyl sites for hydroxylation is 2.